The van der Waals surface area contributed by atoms with E-state index in [1.165, 1.54) is 4.88 Å². The number of hydrogen-bond acceptors (Lipinski definition) is 5. The van der Waals surface area contributed by atoms with Crippen LogP contribution in [0.3, 0.4) is 0 Å². The Balaban J connectivity index is 2.03. The first kappa shape index (κ1) is 13.8. The average Bonchev–Trinajstić information content (AvgIpc) is 2.87. The summed E-state index contributed by atoms with van der Waals surface area (Å²) in [4.78, 5) is 21.3. The van der Waals surface area contributed by atoms with Gasteiger partial charge < -0.3 is 11.1 Å². The Morgan fingerprint density at radius 2 is 2.32 bits per heavy atom. The maximum Gasteiger partial charge on any atom is 0.271 e. The number of nitrogens with two attached hydrogens (primary N) is 1. The third kappa shape index (κ3) is 3.42. The summed E-state index contributed by atoms with van der Waals surface area (Å²) in [6.45, 7) is 2.42. The number of anilines is 1. The van der Waals surface area contributed by atoms with E-state index in [2.05, 4.69) is 22.2 Å². The Bertz CT molecular complexity index is 599. The lowest BCUT2D eigenvalue weighted by atomic mass is 10.3. The summed E-state index contributed by atoms with van der Waals surface area (Å²) >= 11 is 7.48. The molecule has 0 aliphatic heterocycles. The Hall–Kier alpha value is -1.66. The summed E-state index contributed by atoms with van der Waals surface area (Å²) in [5, 5.41) is 3.86. The molecule has 3 N–H and O–H groups in total. The van der Waals surface area contributed by atoms with Crippen molar-refractivity contribution in [1.82, 2.24) is 15.3 Å². The van der Waals surface area contributed by atoms with Crippen LogP contribution in [0, 0.1) is 0 Å². The minimum atomic E-state index is -0.356. The molecule has 0 atom stereocenters. The topological polar surface area (TPSA) is 80.9 Å². The fourth-order valence-electron chi connectivity index (χ4n) is 1.45. The van der Waals surface area contributed by atoms with E-state index in [-0.39, 0.29) is 22.4 Å². The third-order valence-corrected chi connectivity index (χ3v) is 3.88. The van der Waals surface area contributed by atoms with E-state index in [0.717, 1.165) is 11.4 Å². The van der Waals surface area contributed by atoms with Crippen molar-refractivity contribution in [3.63, 3.8) is 0 Å². The molecule has 2 aromatic rings. The van der Waals surface area contributed by atoms with Crippen LogP contribution in [0.25, 0.3) is 0 Å². The van der Waals surface area contributed by atoms with Gasteiger partial charge in [0.15, 0.2) is 0 Å². The van der Waals surface area contributed by atoms with E-state index >= 15 is 0 Å². The van der Waals surface area contributed by atoms with Gasteiger partial charge in [0.25, 0.3) is 5.91 Å². The number of aromatic nitrogens is 2. The predicted octanol–water partition coefficient (Wildman–Crippen LogP) is 2.27. The van der Waals surface area contributed by atoms with Crippen LogP contribution in [0.4, 0.5) is 5.82 Å². The quantitative estimate of drug-likeness (QED) is 0.907. The zero-order chi connectivity index (χ0) is 13.8. The highest BCUT2D eigenvalue weighted by molar-refractivity contribution is 7.11. The lowest BCUT2D eigenvalue weighted by molar-refractivity contribution is 0.0946. The number of carbonyl (C=O) groups is 1. The Kier molecular flexibility index (Phi) is 4.34. The number of nitrogen functional groups attached to an aromatic ring is 1. The second-order valence-electron chi connectivity index (χ2n) is 3.82. The zero-order valence-electron chi connectivity index (χ0n) is 10.3. The second kappa shape index (κ2) is 5.99. The van der Waals surface area contributed by atoms with Gasteiger partial charge in [0, 0.05) is 11.1 Å². The van der Waals surface area contributed by atoms with Gasteiger partial charge in [-0.2, -0.15) is 0 Å². The third-order valence-electron chi connectivity index (χ3n) is 2.43. The molecule has 0 saturated heterocycles. The maximum atomic E-state index is 11.9. The van der Waals surface area contributed by atoms with Crippen LogP contribution < -0.4 is 11.1 Å². The van der Waals surface area contributed by atoms with Gasteiger partial charge in [0.05, 0.1) is 11.6 Å². The summed E-state index contributed by atoms with van der Waals surface area (Å²) in [6.07, 6.45) is 2.76. The summed E-state index contributed by atoms with van der Waals surface area (Å²) in [6, 6.07) is 3.10. The number of thiazole rings is 1. The number of hydrogen-bond donors (Lipinski definition) is 2. The summed E-state index contributed by atoms with van der Waals surface area (Å²) in [7, 11) is 0. The molecule has 2 rings (SSSR count). The molecule has 5 nitrogen and oxygen atoms in total. The molecule has 2 heterocycles. The van der Waals surface area contributed by atoms with Gasteiger partial charge in [-0.15, -0.1) is 11.3 Å². The van der Waals surface area contributed by atoms with Crippen LogP contribution >= 0.6 is 22.9 Å². The normalized spacial score (nSPS) is 10.4. The minimum Gasteiger partial charge on any atom is -0.384 e. The van der Waals surface area contributed by atoms with Crippen LogP contribution in [-0.2, 0) is 13.0 Å². The van der Waals surface area contributed by atoms with Crippen LogP contribution in [-0.4, -0.2) is 15.9 Å². The number of carbonyl (C=O) groups excluding carboxylic acids is 1. The average molecular weight is 297 g/mol. The molecule has 0 bridgehead atoms. The zero-order valence-corrected chi connectivity index (χ0v) is 11.9. The number of pyridine rings is 1. The van der Waals surface area contributed by atoms with Crippen molar-refractivity contribution >= 4 is 34.7 Å². The van der Waals surface area contributed by atoms with Gasteiger partial charge in [-0.3, -0.25) is 4.79 Å². The molecule has 0 fully saturated rings. The molecule has 0 saturated carbocycles. The summed E-state index contributed by atoms with van der Waals surface area (Å²) < 4.78 is 0. The molecule has 0 aromatic carbocycles. The van der Waals surface area contributed by atoms with E-state index < -0.39 is 0 Å². The van der Waals surface area contributed by atoms with E-state index in [4.69, 9.17) is 17.3 Å². The fourth-order valence-corrected chi connectivity index (χ4v) is 2.44. The molecule has 0 aliphatic rings. The molecule has 7 heteroatoms. The first-order valence-electron chi connectivity index (χ1n) is 5.74. The van der Waals surface area contributed by atoms with Crippen LogP contribution in [0.1, 0.15) is 27.3 Å². The van der Waals surface area contributed by atoms with Gasteiger partial charge >= 0.3 is 0 Å². The number of rotatable bonds is 4. The number of nitrogens with one attached hydrogen (secondary N) is 1. The van der Waals surface area contributed by atoms with E-state index in [1.54, 1.807) is 23.5 Å². The Labute approximate surface area is 119 Å². The number of aryl methyl sites for hydroxylation is 1. The molecule has 1 amide bonds. The molecular formula is C12H13ClN4OS. The summed E-state index contributed by atoms with van der Waals surface area (Å²) in [5.74, 6) is -0.0948. The highest BCUT2D eigenvalue weighted by atomic mass is 35.5. The lowest BCUT2D eigenvalue weighted by Gasteiger charge is -2.05. The molecule has 0 spiro atoms. The van der Waals surface area contributed by atoms with Crippen molar-refractivity contribution in [3.05, 3.63) is 38.9 Å². The van der Waals surface area contributed by atoms with E-state index in [1.807, 2.05) is 6.20 Å². The highest BCUT2D eigenvalue weighted by Gasteiger charge is 2.13. The highest BCUT2D eigenvalue weighted by Crippen LogP contribution is 2.16. The molecule has 0 aliphatic carbocycles. The fraction of sp³-hybridized carbons (Fsp3) is 0.250. The molecule has 0 radical (unpaired) electrons. The van der Waals surface area contributed by atoms with Crippen molar-refractivity contribution < 1.29 is 4.79 Å². The summed E-state index contributed by atoms with van der Waals surface area (Å²) in [5.41, 5.74) is 5.67. The van der Waals surface area contributed by atoms with Gasteiger partial charge in [0.2, 0.25) is 0 Å². The van der Waals surface area contributed by atoms with Crippen molar-refractivity contribution in [2.24, 2.45) is 0 Å². The largest absolute Gasteiger partial charge is 0.384 e. The number of nitrogens with zero attached hydrogens (tertiary/aromatic N) is 2. The predicted molar refractivity (Wildman–Crippen MR) is 76.3 cm³/mol. The van der Waals surface area contributed by atoms with Crippen LogP contribution in [0.5, 0.6) is 0 Å². The maximum absolute atomic E-state index is 11.9. The van der Waals surface area contributed by atoms with E-state index in [9.17, 15) is 4.79 Å². The molecule has 2 aromatic heterocycles. The number of halogens is 1. The van der Waals surface area contributed by atoms with Gasteiger partial charge in [0.1, 0.15) is 16.5 Å². The molecule has 0 unspecified atom stereocenters. The SMILES string of the molecule is CCc1cnc(CNC(=O)c2nc(N)ccc2Cl)s1. The van der Waals surface area contributed by atoms with Gasteiger partial charge in [-0.1, -0.05) is 18.5 Å². The second-order valence-corrected chi connectivity index (χ2v) is 5.43. The Morgan fingerprint density at radius 3 is 3.00 bits per heavy atom. The smallest absolute Gasteiger partial charge is 0.271 e. The standard InChI is InChI=1S/C12H13ClN4OS/c1-2-7-5-15-10(19-7)6-16-12(18)11-8(13)3-4-9(14)17-11/h3-5H,2,6H2,1H3,(H2,14,17)(H,16,18). The first-order chi connectivity index (χ1) is 9.10. The van der Waals surface area contributed by atoms with Crippen LogP contribution in [0.15, 0.2) is 18.3 Å². The van der Waals surface area contributed by atoms with Gasteiger partial charge in [-0.05, 0) is 18.6 Å². The monoisotopic (exact) mass is 296 g/mol. The molecular weight excluding hydrogens is 284 g/mol. The van der Waals surface area contributed by atoms with E-state index in [0.29, 0.717) is 6.54 Å². The first-order valence-corrected chi connectivity index (χ1v) is 6.93. The molecule has 100 valence electrons. The lowest BCUT2D eigenvalue weighted by Crippen LogP contribution is -2.24. The van der Waals surface area contributed by atoms with Gasteiger partial charge in [-0.25, -0.2) is 9.97 Å². The minimum absolute atomic E-state index is 0.133. The van der Waals surface area contributed by atoms with Crippen molar-refractivity contribution in [2.75, 3.05) is 5.73 Å². The Morgan fingerprint density at radius 1 is 1.53 bits per heavy atom. The van der Waals surface area contributed by atoms with Crippen molar-refractivity contribution in [1.29, 1.82) is 0 Å². The van der Waals surface area contributed by atoms with Crippen LogP contribution in [0.2, 0.25) is 5.02 Å². The molecule has 19 heavy (non-hydrogen) atoms. The van der Waals surface area contributed by atoms with Crippen molar-refractivity contribution in [3.8, 4) is 0 Å². The number of amides is 1. The van der Waals surface area contributed by atoms with Crippen molar-refractivity contribution in [2.45, 2.75) is 19.9 Å².